The monoisotopic (exact) mass is 400 g/mol. The van der Waals surface area contributed by atoms with Crippen LogP contribution < -0.4 is 4.72 Å². The minimum absolute atomic E-state index is 0.0523. The highest BCUT2D eigenvalue weighted by molar-refractivity contribution is 7.92. The van der Waals surface area contributed by atoms with Crippen molar-refractivity contribution in [1.29, 1.82) is 0 Å². The van der Waals surface area contributed by atoms with E-state index in [9.17, 15) is 18.5 Å². The number of aryl methyl sites for hydroxylation is 2. The Morgan fingerprint density at radius 3 is 2.32 bits per heavy atom. The molecule has 0 aliphatic carbocycles. The molecule has 0 radical (unpaired) electrons. The molecule has 1 N–H and O–H groups in total. The van der Waals surface area contributed by atoms with Gasteiger partial charge in [-0.3, -0.25) is 19.5 Å². The van der Waals surface area contributed by atoms with Gasteiger partial charge in [0.25, 0.3) is 15.7 Å². The van der Waals surface area contributed by atoms with Crippen LogP contribution in [0.4, 0.5) is 11.4 Å². The molecule has 0 aliphatic rings. The third-order valence-electron chi connectivity index (χ3n) is 4.56. The lowest BCUT2D eigenvalue weighted by Gasteiger charge is -2.10. The Hall–Kier alpha value is -3.20. The molecule has 0 atom stereocenters. The Bertz CT molecular complexity index is 1140. The molecular weight excluding hydrogens is 380 g/mol. The summed E-state index contributed by atoms with van der Waals surface area (Å²) in [4.78, 5) is 10.1. The van der Waals surface area contributed by atoms with Crippen LogP contribution in [0.3, 0.4) is 0 Å². The second-order valence-corrected chi connectivity index (χ2v) is 8.17. The van der Waals surface area contributed by atoms with Crippen molar-refractivity contribution in [3.05, 3.63) is 81.2 Å². The zero-order chi connectivity index (χ0) is 20.5. The van der Waals surface area contributed by atoms with Gasteiger partial charge in [-0.25, -0.2) is 8.42 Å². The molecule has 8 nitrogen and oxygen atoms in total. The van der Waals surface area contributed by atoms with Gasteiger partial charge in [-0.1, -0.05) is 24.3 Å². The van der Waals surface area contributed by atoms with Gasteiger partial charge in [-0.05, 0) is 44.0 Å². The van der Waals surface area contributed by atoms with Crippen molar-refractivity contribution in [3.8, 4) is 0 Å². The summed E-state index contributed by atoms with van der Waals surface area (Å²) in [6, 6.07) is 12.7. The SMILES string of the molecule is Cc1ccccc1Cn1nc(C)c(NS(=O)(=O)c2ccc([N+](=O)[O-])cc2)c1C. The highest BCUT2D eigenvalue weighted by Crippen LogP contribution is 2.25. The maximum Gasteiger partial charge on any atom is 0.269 e. The van der Waals surface area contributed by atoms with Crippen LogP contribution in [0.15, 0.2) is 53.4 Å². The highest BCUT2D eigenvalue weighted by Gasteiger charge is 2.21. The van der Waals surface area contributed by atoms with Crippen molar-refractivity contribution in [1.82, 2.24) is 9.78 Å². The maximum atomic E-state index is 12.7. The van der Waals surface area contributed by atoms with E-state index in [4.69, 9.17) is 0 Å². The van der Waals surface area contributed by atoms with Crippen LogP contribution >= 0.6 is 0 Å². The van der Waals surface area contributed by atoms with E-state index in [0.717, 1.165) is 23.3 Å². The molecule has 1 aromatic heterocycles. The average Bonchev–Trinajstić information content (AvgIpc) is 2.91. The van der Waals surface area contributed by atoms with Crippen LogP contribution in [0.5, 0.6) is 0 Å². The number of non-ortho nitro benzene ring substituents is 1. The third-order valence-corrected chi connectivity index (χ3v) is 5.92. The number of nitrogens with zero attached hydrogens (tertiary/aromatic N) is 3. The summed E-state index contributed by atoms with van der Waals surface area (Å²) in [7, 11) is -3.89. The Morgan fingerprint density at radius 1 is 1.07 bits per heavy atom. The second-order valence-electron chi connectivity index (χ2n) is 6.49. The summed E-state index contributed by atoms with van der Waals surface area (Å²) in [5.41, 5.74) is 3.70. The van der Waals surface area contributed by atoms with E-state index in [1.807, 2.05) is 31.2 Å². The Balaban J connectivity index is 1.89. The van der Waals surface area contributed by atoms with E-state index in [1.54, 1.807) is 18.5 Å². The van der Waals surface area contributed by atoms with E-state index in [2.05, 4.69) is 9.82 Å². The molecule has 0 unspecified atom stereocenters. The standard InChI is InChI=1S/C19H20N4O4S/c1-13-6-4-5-7-16(13)12-22-15(3)19(14(2)20-22)21-28(26,27)18-10-8-17(9-11-18)23(24)25/h4-11,21H,12H2,1-3H3. The number of hydrogen-bond donors (Lipinski definition) is 1. The molecule has 0 fully saturated rings. The molecule has 2 aromatic carbocycles. The number of anilines is 1. The molecule has 0 amide bonds. The first-order chi connectivity index (χ1) is 13.2. The van der Waals surface area contributed by atoms with Crippen LogP contribution in [0, 0.1) is 30.9 Å². The first-order valence-electron chi connectivity index (χ1n) is 8.55. The van der Waals surface area contributed by atoms with Gasteiger partial charge in [0.1, 0.15) is 0 Å². The third kappa shape index (κ3) is 3.89. The highest BCUT2D eigenvalue weighted by atomic mass is 32.2. The van der Waals surface area contributed by atoms with Crippen LogP contribution in [0.25, 0.3) is 0 Å². The number of rotatable bonds is 6. The van der Waals surface area contributed by atoms with Crippen LogP contribution in [-0.2, 0) is 16.6 Å². The van der Waals surface area contributed by atoms with Gasteiger partial charge in [-0.2, -0.15) is 5.10 Å². The largest absolute Gasteiger partial charge is 0.276 e. The molecule has 1 heterocycles. The Labute approximate surface area is 163 Å². The molecule has 28 heavy (non-hydrogen) atoms. The maximum absolute atomic E-state index is 12.7. The number of nitrogens with one attached hydrogen (secondary N) is 1. The Morgan fingerprint density at radius 2 is 1.71 bits per heavy atom. The summed E-state index contributed by atoms with van der Waals surface area (Å²) in [5, 5.41) is 15.2. The average molecular weight is 400 g/mol. The fourth-order valence-electron chi connectivity index (χ4n) is 2.89. The van der Waals surface area contributed by atoms with Crippen molar-refractivity contribution in [2.45, 2.75) is 32.2 Å². The summed E-state index contributed by atoms with van der Waals surface area (Å²) >= 11 is 0. The lowest BCUT2D eigenvalue weighted by Crippen LogP contribution is -2.14. The summed E-state index contributed by atoms with van der Waals surface area (Å²) in [6.07, 6.45) is 0. The normalized spacial score (nSPS) is 11.4. The number of nitro benzene ring substituents is 1. The van der Waals surface area contributed by atoms with Gasteiger partial charge in [0.05, 0.1) is 33.4 Å². The first kappa shape index (κ1) is 19.6. The van der Waals surface area contributed by atoms with E-state index in [0.29, 0.717) is 23.6 Å². The van der Waals surface area contributed by atoms with Crippen LogP contribution in [0.1, 0.15) is 22.5 Å². The van der Waals surface area contributed by atoms with E-state index < -0.39 is 14.9 Å². The van der Waals surface area contributed by atoms with Gasteiger partial charge in [0, 0.05) is 12.1 Å². The molecule has 0 saturated carbocycles. The zero-order valence-electron chi connectivity index (χ0n) is 15.7. The molecule has 9 heteroatoms. The number of sulfonamides is 1. The molecule has 146 valence electrons. The zero-order valence-corrected chi connectivity index (χ0v) is 16.5. The predicted octanol–water partition coefficient (Wildman–Crippen LogP) is 3.57. The molecule has 0 bridgehead atoms. The summed E-state index contributed by atoms with van der Waals surface area (Å²) in [6.45, 7) is 6.07. The minimum atomic E-state index is -3.89. The predicted molar refractivity (Wildman–Crippen MR) is 106 cm³/mol. The smallest absolute Gasteiger partial charge is 0.269 e. The lowest BCUT2D eigenvalue weighted by atomic mass is 10.1. The number of hydrogen-bond acceptors (Lipinski definition) is 5. The van der Waals surface area contributed by atoms with E-state index in [-0.39, 0.29) is 10.6 Å². The van der Waals surface area contributed by atoms with Crippen molar-refractivity contribution >= 4 is 21.4 Å². The van der Waals surface area contributed by atoms with Crippen LogP contribution in [0.2, 0.25) is 0 Å². The molecule has 0 aliphatic heterocycles. The van der Waals surface area contributed by atoms with Gasteiger partial charge in [-0.15, -0.1) is 0 Å². The second kappa shape index (κ2) is 7.43. The van der Waals surface area contributed by atoms with Gasteiger partial charge < -0.3 is 0 Å². The fourth-order valence-corrected chi connectivity index (χ4v) is 4.06. The molecular formula is C19H20N4O4S. The Kier molecular flexibility index (Phi) is 5.19. The van der Waals surface area contributed by atoms with E-state index >= 15 is 0 Å². The van der Waals surface area contributed by atoms with Crippen molar-refractivity contribution in [3.63, 3.8) is 0 Å². The quantitative estimate of drug-likeness (QED) is 0.503. The van der Waals surface area contributed by atoms with Gasteiger partial charge in [0.15, 0.2) is 0 Å². The number of nitro groups is 1. The fraction of sp³-hybridized carbons (Fsp3) is 0.211. The van der Waals surface area contributed by atoms with Crippen LogP contribution in [-0.4, -0.2) is 23.1 Å². The topological polar surface area (TPSA) is 107 Å². The molecule has 3 rings (SSSR count). The van der Waals surface area contributed by atoms with Gasteiger partial charge >= 0.3 is 0 Å². The lowest BCUT2D eigenvalue weighted by molar-refractivity contribution is -0.384. The van der Waals surface area contributed by atoms with Gasteiger partial charge in [0.2, 0.25) is 0 Å². The summed E-state index contributed by atoms with van der Waals surface area (Å²) < 4.78 is 29.7. The molecule has 0 saturated heterocycles. The first-order valence-corrected chi connectivity index (χ1v) is 10.0. The number of aromatic nitrogens is 2. The van der Waals surface area contributed by atoms with Crippen molar-refractivity contribution in [2.75, 3.05) is 4.72 Å². The van der Waals surface area contributed by atoms with Crippen molar-refractivity contribution in [2.24, 2.45) is 0 Å². The summed E-state index contributed by atoms with van der Waals surface area (Å²) in [5.74, 6) is 0. The van der Waals surface area contributed by atoms with E-state index in [1.165, 1.54) is 12.1 Å². The molecule has 3 aromatic rings. The van der Waals surface area contributed by atoms with Crippen molar-refractivity contribution < 1.29 is 13.3 Å². The molecule has 0 spiro atoms. The minimum Gasteiger partial charge on any atom is -0.276 e. The number of benzene rings is 2.